The minimum Gasteiger partial charge on any atom is -0.381 e. The van der Waals surface area contributed by atoms with Crippen molar-refractivity contribution in [1.82, 2.24) is 0 Å². The number of fused-ring (bicyclic) bond motifs is 2. The zero-order valence-corrected chi connectivity index (χ0v) is 8.87. The average molecular weight is 192 g/mol. The third-order valence-electron chi connectivity index (χ3n) is 4.67. The molecule has 4 atom stereocenters. The zero-order valence-electron chi connectivity index (χ0n) is 8.87. The predicted molar refractivity (Wildman–Crippen MR) is 57.0 cm³/mol. The minimum atomic E-state index is 0.717. The molecule has 0 aromatic rings. The Bertz CT molecular complexity index is 246. The normalized spacial score (nSPS) is 47.3. The van der Waals surface area contributed by atoms with Gasteiger partial charge in [-0.3, -0.25) is 0 Å². The number of hydrogen-bond acceptors (Lipinski definition) is 1. The van der Waals surface area contributed by atoms with Gasteiger partial charge in [-0.15, -0.1) is 0 Å². The fraction of sp³-hybridized carbons (Fsp3) is 0.846. The van der Waals surface area contributed by atoms with E-state index < -0.39 is 0 Å². The van der Waals surface area contributed by atoms with E-state index in [-0.39, 0.29) is 0 Å². The van der Waals surface area contributed by atoms with Crippen LogP contribution >= 0.6 is 0 Å². The number of rotatable bonds is 0. The van der Waals surface area contributed by atoms with Crippen LogP contribution in [0.3, 0.4) is 0 Å². The molecule has 3 rings (SSSR count). The Morgan fingerprint density at radius 1 is 1.00 bits per heavy atom. The molecule has 14 heavy (non-hydrogen) atoms. The molecule has 78 valence electrons. The highest BCUT2D eigenvalue weighted by Crippen LogP contribution is 2.49. The molecular formula is C13H20O. The summed E-state index contributed by atoms with van der Waals surface area (Å²) in [4.78, 5) is 0. The van der Waals surface area contributed by atoms with Gasteiger partial charge in [-0.25, -0.2) is 0 Å². The molecule has 3 aliphatic rings. The van der Waals surface area contributed by atoms with Gasteiger partial charge in [0.15, 0.2) is 0 Å². The molecule has 0 spiro atoms. The van der Waals surface area contributed by atoms with Crippen LogP contribution in [0.1, 0.15) is 32.1 Å². The van der Waals surface area contributed by atoms with Crippen LogP contribution in [-0.4, -0.2) is 13.2 Å². The molecule has 1 heteroatoms. The molecule has 1 heterocycles. The molecule has 0 bridgehead atoms. The van der Waals surface area contributed by atoms with Gasteiger partial charge in [0, 0.05) is 5.92 Å². The van der Waals surface area contributed by atoms with Gasteiger partial charge in [0.05, 0.1) is 13.2 Å². The first-order valence-electron chi connectivity index (χ1n) is 6.12. The van der Waals surface area contributed by atoms with Crippen molar-refractivity contribution in [3.63, 3.8) is 0 Å². The van der Waals surface area contributed by atoms with Crippen molar-refractivity contribution in [3.8, 4) is 0 Å². The van der Waals surface area contributed by atoms with Gasteiger partial charge in [0.2, 0.25) is 0 Å². The number of hydrogen-bond donors (Lipinski definition) is 0. The van der Waals surface area contributed by atoms with E-state index in [2.05, 4.69) is 6.58 Å². The lowest BCUT2D eigenvalue weighted by molar-refractivity contribution is 0.157. The Morgan fingerprint density at radius 3 is 2.79 bits per heavy atom. The molecule has 1 saturated heterocycles. The van der Waals surface area contributed by atoms with Crippen LogP contribution in [0, 0.1) is 23.7 Å². The van der Waals surface area contributed by atoms with Crippen molar-refractivity contribution >= 4 is 0 Å². The molecule has 4 unspecified atom stereocenters. The Hall–Kier alpha value is -0.300. The van der Waals surface area contributed by atoms with Crippen LogP contribution in [0.5, 0.6) is 0 Å². The predicted octanol–water partition coefficient (Wildman–Crippen LogP) is 3.02. The summed E-state index contributed by atoms with van der Waals surface area (Å²) in [6, 6.07) is 0. The average Bonchev–Trinajstić information content (AvgIpc) is 2.66. The van der Waals surface area contributed by atoms with Crippen molar-refractivity contribution in [2.24, 2.45) is 23.7 Å². The van der Waals surface area contributed by atoms with Gasteiger partial charge in [-0.2, -0.15) is 0 Å². The second-order valence-electron chi connectivity index (χ2n) is 5.37. The highest BCUT2D eigenvalue weighted by atomic mass is 16.5. The third kappa shape index (κ3) is 1.25. The smallest absolute Gasteiger partial charge is 0.0535 e. The second kappa shape index (κ2) is 3.37. The maximum atomic E-state index is 5.61. The van der Waals surface area contributed by atoms with Crippen LogP contribution in [0.15, 0.2) is 12.2 Å². The summed E-state index contributed by atoms with van der Waals surface area (Å²) in [5.74, 6) is 3.35. The largest absolute Gasteiger partial charge is 0.381 e. The maximum Gasteiger partial charge on any atom is 0.0535 e. The summed E-state index contributed by atoms with van der Waals surface area (Å²) >= 11 is 0. The molecule has 0 aromatic carbocycles. The van der Waals surface area contributed by atoms with Crippen molar-refractivity contribution in [1.29, 1.82) is 0 Å². The van der Waals surface area contributed by atoms with Crippen LogP contribution in [0.2, 0.25) is 0 Å². The van der Waals surface area contributed by atoms with Crippen LogP contribution in [0.4, 0.5) is 0 Å². The Balaban J connectivity index is 1.82. The summed E-state index contributed by atoms with van der Waals surface area (Å²) < 4.78 is 5.61. The summed E-state index contributed by atoms with van der Waals surface area (Å²) in [5, 5.41) is 0. The SMILES string of the molecule is C=C1C2CCCCC2CC2COCC12. The summed E-state index contributed by atoms with van der Waals surface area (Å²) in [6.07, 6.45) is 7.17. The van der Waals surface area contributed by atoms with E-state index in [0.29, 0.717) is 5.92 Å². The molecular weight excluding hydrogens is 172 g/mol. The van der Waals surface area contributed by atoms with E-state index in [4.69, 9.17) is 4.74 Å². The zero-order chi connectivity index (χ0) is 9.54. The second-order valence-corrected chi connectivity index (χ2v) is 5.37. The van der Waals surface area contributed by atoms with Crippen LogP contribution in [0.25, 0.3) is 0 Å². The molecule has 1 aliphatic heterocycles. The lowest BCUT2D eigenvalue weighted by atomic mass is 9.62. The first kappa shape index (κ1) is 8.96. The molecule has 0 aromatic heterocycles. The summed E-state index contributed by atoms with van der Waals surface area (Å²) in [5.41, 5.74) is 1.54. The van der Waals surface area contributed by atoms with Crippen LogP contribution < -0.4 is 0 Å². The molecule has 0 radical (unpaired) electrons. The summed E-state index contributed by atoms with van der Waals surface area (Å²) in [7, 11) is 0. The van der Waals surface area contributed by atoms with Gasteiger partial charge >= 0.3 is 0 Å². The lowest BCUT2D eigenvalue weighted by Crippen LogP contribution is -2.35. The molecule has 0 amide bonds. The Labute approximate surface area is 86.5 Å². The van der Waals surface area contributed by atoms with Gasteiger partial charge in [0.25, 0.3) is 0 Å². The molecule has 1 nitrogen and oxygen atoms in total. The first-order chi connectivity index (χ1) is 6.86. The monoisotopic (exact) mass is 192 g/mol. The van der Waals surface area contributed by atoms with Crippen molar-refractivity contribution < 1.29 is 4.74 Å². The van der Waals surface area contributed by atoms with E-state index in [1.54, 1.807) is 5.57 Å². The van der Waals surface area contributed by atoms with Crippen molar-refractivity contribution in [2.45, 2.75) is 32.1 Å². The standard InChI is InChI=1S/C13H20O/c1-9-12-5-3-2-4-10(12)6-11-7-14-8-13(9)11/h10-13H,1-8H2. The third-order valence-corrected chi connectivity index (χ3v) is 4.67. The lowest BCUT2D eigenvalue weighted by Gasteiger charge is -2.42. The van der Waals surface area contributed by atoms with Gasteiger partial charge < -0.3 is 4.74 Å². The Morgan fingerprint density at radius 2 is 1.86 bits per heavy atom. The summed E-state index contributed by atoms with van der Waals surface area (Å²) in [6.45, 7) is 6.33. The Kier molecular flexibility index (Phi) is 2.16. The first-order valence-corrected chi connectivity index (χ1v) is 6.12. The fourth-order valence-corrected chi connectivity index (χ4v) is 3.88. The molecule has 0 N–H and O–H groups in total. The highest BCUT2D eigenvalue weighted by molar-refractivity contribution is 5.15. The molecule has 3 fully saturated rings. The van der Waals surface area contributed by atoms with E-state index in [0.717, 1.165) is 31.0 Å². The van der Waals surface area contributed by atoms with Crippen molar-refractivity contribution in [2.75, 3.05) is 13.2 Å². The van der Waals surface area contributed by atoms with Crippen LogP contribution in [-0.2, 0) is 4.74 Å². The highest BCUT2D eigenvalue weighted by Gasteiger charge is 2.43. The van der Waals surface area contributed by atoms with E-state index in [9.17, 15) is 0 Å². The van der Waals surface area contributed by atoms with E-state index >= 15 is 0 Å². The maximum absolute atomic E-state index is 5.61. The quantitative estimate of drug-likeness (QED) is 0.536. The van der Waals surface area contributed by atoms with E-state index in [1.807, 2.05) is 0 Å². The fourth-order valence-electron chi connectivity index (χ4n) is 3.88. The van der Waals surface area contributed by atoms with Crippen molar-refractivity contribution in [3.05, 3.63) is 12.2 Å². The number of ether oxygens (including phenoxy) is 1. The topological polar surface area (TPSA) is 9.23 Å². The van der Waals surface area contributed by atoms with E-state index in [1.165, 1.54) is 32.1 Å². The van der Waals surface area contributed by atoms with Gasteiger partial charge in [-0.1, -0.05) is 25.0 Å². The molecule has 2 saturated carbocycles. The van der Waals surface area contributed by atoms with Gasteiger partial charge in [0.1, 0.15) is 0 Å². The molecule has 2 aliphatic carbocycles. The minimum absolute atomic E-state index is 0.717. The van der Waals surface area contributed by atoms with Gasteiger partial charge in [-0.05, 0) is 37.0 Å².